The highest BCUT2D eigenvalue weighted by Crippen LogP contribution is 2.41. The van der Waals surface area contributed by atoms with Crippen LogP contribution in [-0.2, 0) is 18.9 Å². The minimum atomic E-state index is -1.11. The van der Waals surface area contributed by atoms with Gasteiger partial charge in [0, 0.05) is 27.9 Å². The molecule has 0 aliphatic heterocycles. The second-order valence-corrected chi connectivity index (χ2v) is 7.94. The van der Waals surface area contributed by atoms with Gasteiger partial charge >= 0.3 is 0 Å². The van der Waals surface area contributed by atoms with Crippen LogP contribution in [0.4, 0.5) is 0 Å². The van der Waals surface area contributed by atoms with E-state index in [0.717, 1.165) is 29.7 Å². The topological polar surface area (TPSA) is 46.2 Å². The van der Waals surface area contributed by atoms with Crippen molar-refractivity contribution >= 4 is 0 Å². The Balaban J connectivity index is 3.13. The van der Waals surface area contributed by atoms with Crippen LogP contribution in [0.15, 0.2) is 12.1 Å². The molecule has 174 valence electrons. The number of ether oxygens (including phenoxy) is 5. The van der Waals surface area contributed by atoms with Crippen LogP contribution in [0.5, 0.6) is 5.75 Å². The predicted molar refractivity (Wildman–Crippen MR) is 122 cm³/mol. The molecule has 0 spiro atoms. The predicted octanol–water partition coefficient (Wildman–Crippen LogP) is 6.49. The smallest absolute Gasteiger partial charge is 0.289 e. The average Bonchev–Trinajstić information content (AvgIpc) is 2.71. The molecule has 1 rings (SSSR count). The summed E-state index contributed by atoms with van der Waals surface area (Å²) in [7, 11) is 4.94. The molecular weight excluding hydrogens is 380 g/mol. The molecule has 1 aromatic carbocycles. The van der Waals surface area contributed by atoms with Crippen LogP contribution in [0, 0.1) is 13.8 Å². The van der Waals surface area contributed by atoms with Gasteiger partial charge in [-0.05, 0) is 62.9 Å². The summed E-state index contributed by atoms with van der Waals surface area (Å²) in [4.78, 5) is 0. The molecule has 0 amide bonds. The van der Waals surface area contributed by atoms with Crippen molar-refractivity contribution in [2.24, 2.45) is 0 Å². The number of benzene rings is 1. The van der Waals surface area contributed by atoms with Crippen molar-refractivity contribution in [2.75, 3.05) is 27.9 Å². The number of aryl methyl sites for hydroxylation is 2. The van der Waals surface area contributed by atoms with Gasteiger partial charge in [-0.3, -0.25) is 0 Å². The van der Waals surface area contributed by atoms with Gasteiger partial charge in [-0.15, -0.1) is 0 Å². The first kappa shape index (κ1) is 26.9. The number of hydrogen-bond acceptors (Lipinski definition) is 5. The summed E-state index contributed by atoms with van der Waals surface area (Å²) in [6, 6.07) is 4.13. The van der Waals surface area contributed by atoms with Crippen molar-refractivity contribution in [3.05, 3.63) is 28.8 Å². The Morgan fingerprint density at radius 2 is 1.37 bits per heavy atom. The normalized spacial score (nSPS) is 14.0. The number of hydrogen-bond donors (Lipinski definition) is 0. The van der Waals surface area contributed by atoms with Gasteiger partial charge in [0.1, 0.15) is 5.75 Å². The standard InChI is InChI=1S/C25H44O5/c1-9-11-12-13-14-15-16-23(25(26-6,27-7)28-8)24-19(3)17-22(18-20(24)4)30-21(5)29-10-2/h17-18,21,23H,9-16H2,1-8H3. The van der Waals surface area contributed by atoms with Crippen LogP contribution in [0.2, 0.25) is 0 Å². The Labute approximate surface area is 184 Å². The van der Waals surface area contributed by atoms with Crippen LogP contribution in [0.3, 0.4) is 0 Å². The van der Waals surface area contributed by atoms with Gasteiger partial charge in [-0.2, -0.15) is 0 Å². The minimum Gasteiger partial charge on any atom is -0.465 e. The van der Waals surface area contributed by atoms with Crippen molar-refractivity contribution in [1.29, 1.82) is 0 Å². The lowest BCUT2D eigenvalue weighted by atomic mass is 9.84. The Bertz CT molecular complexity index is 566. The lowest BCUT2D eigenvalue weighted by molar-refractivity contribution is -0.365. The highest BCUT2D eigenvalue weighted by molar-refractivity contribution is 5.44. The number of rotatable bonds is 16. The fourth-order valence-electron chi connectivity index (χ4n) is 4.32. The van der Waals surface area contributed by atoms with E-state index >= 15 is 0 Å². The Morgan fingerprint density at radius 3 is 1.87 bits per heavy atom. The molecule has 0 aliphatic rings. The van der Waals surface area contributed by atoms with Crippen LogP contribution in [0.25, 0.3) is 0 Å². The van der Waals surface area contributed by atoms with E-state index in [1.54, 1.807) is 21.3 Å². The van der Waals surface area contributed by atoms with Crippen LogP contribution in [-0.4, -0.2) is 40.2 Å². The second kappa shape index (κ2) is 14.0. The Morgan fingerprint density at radius 1 is 0.833 bits per heavy atom. The largest absolute Gasteiger partial charge is 0.465 e. The molecular formula is C25H44O5. The minimum absolute atomic E-state index is 0.0398. The summed E-state index contributed by atoms with van der Waals surface area (Å²) in [5, 5.41) is 0. The lowest BCUT2D eigenvalue weighted by Crippen LogP contribution is -2.43. The quantitative estimate of drug-likeness (QED) is 0.224. The summed E-state index contributed by atoms with van der Waals surface area (Å²) in [5.41, 5.74) is 3.48. The summed E-state index contributed by atoms with van der Waals surface area (Å²) >= 11 is 0. The molecule has 0 bridgehead atoms. The Hall–Kier alpha value is -1.14. The molecule has 0 saturated heterocycles. The fraction of sp³-hybridized carbons (Fsp3) is 0.760. The van der Waals surface area contributed by atoms with Crippen molar-refractivity contribution in [3.63, 3.8) is 0 Å². The molecule has 0 aromatic heterocycles. The molecule has 2 unspecified atom stereocenters. The van der Waals surface area contributed by atoms with E-state index in [0.29, 0.717) is 6.61 Å². The van der Waals surface area contributed by atoms with Gasteiger partial charge in [0.25, 0.3) is 5.97 Å². The first-order chi connectivity index (χ1) is 14.4. The third-order valence-electron chi connectivity index (χ3n) is 5.75. The van der Waals surface area contributed by atoms with Gasteiger partial charge in [0.15, 0.2) is 6.29 Å². The average molecular weight is 425 g/mol. The summed E-state index contributed by atoms with van der Waals surface area (Å²) in [5.74, 6) is -0.340. The summed E-state index contributed by atoms with van der Waals surface area (Å²) in [6.45, 7) is 11.0. The van der Waals surface area contributed by atoms with Gasteiger partial charge in [-0.25, -0.2) is 0 Å². The van der Waals surface area contributed by atoms with Gasteiger partial charge in [0.2, 0.25) is 0 Å². The zero-order chi connectivity index (χ0) is 22.6. The molecule has 0 saturated carbocycles. The lowest BCUT2D eigenvalue weighted by Gasteiger charge is -2.38. The highest BCUT2D eigenvalue weighted by atomic mass is 16.9. The van der Waals surface area contributed by atoms with Crippen LogP contribution in [0.1, 0.15) is 88.3 Å². The molecule has 2 atom stereocenters. The van der Waals surface area contributed by atoms with Crippen LogP contribution >= 0.6 is 0 Å². The van der Waals surface area contributed by atoms with E-state index in [2.05, 4.69) is 32.9 Å². The maximum Gasteiger partial charge on any atom is 0.289 e. The third-order valence-corrected chi connectivity index (χ3v) is 5.75. The van der Waals surface area contributed by atoms with Crippen molar-refractivity contribution in [2.45, 2.75) is 97.7 Å². The summed E-state index contributed by atoms with van der Waals surface area (Å²) < 4.78 is 28.8. The fourth-order valence-corrected chi connectivity index (χ4v) is 4.32. The third kappa shape index (κ3) is 7.52. The first-order valence-corrected chi connectivity index (χ1v) is 11.4. The van der Waals surface area contributed by atoms with E-state index in [9.17, 15) is 0 Å². The summed E-state index contributed by atoms with van der Waals surface area (Å²) in [6.07, 6.45) is 8.08. The van der Waals surface area contributed by atoms with Gasteiger partial charge in [-0.1, -0.05) is 45.4 Å². The molecule has 0 fully saturated rings. The highest BCUT2D eigenvalue weighted by Gasteiger charge is 2.42. The number of methoxy groups -OCH3 is 3. The molecule has 1 aromatic rings. The van der Waals surface area contributed by atoms with Crippen molar-refractivity contribution in [3.8, 4) is 5.75 Å². The molecule has 0 heterocycles. The van der Waals surface area contributed by atoms with E-state index < -0.39 is 5.97 Å². The van der Waals surface area contributed by atoms with Crippen LogP contribution < -0.4 is 4.74 Å². The van der Waals surface area contributed by atoms with Crippen molar-refractivity contribution < 1.29 is 23.7 Å². The molecule has 0 aliphatic carbocycles. The second-order valence-electron chi connectivity index (χ2n) is 7.94. The van der Waals surface area contributed by atoms with E-state index in [-0.39, 0.29) is 12.2 Å². The Kier molecular flexibility index (Phi) is 12.6. The van der Waals surface area contributed by atoms with E-state index in [4.69, 9.17) is 23.7 Å². The zero-order valence-electron chi connectivity index (χ0n) is 20.5. The maximum absolute atomic E-state index is 5.94. The molecule has 5 heteroatoms. The first-order valence-electron chi connectivity index (χ1n) is 11.4. The van der Waals surface area contributed by atoms with Crippen molar-refractivity contribution in [1.82, 2.24) is 0 Å². The SMILES string of the molecule is CCCCCCCCC(c1c(C)cc(OC(C)OCC)cc1C)C(OC)(OC)OC. The molecule has 30 heavy (non-hydrogen) atoms. The molecule has 0 radical (unpaired) electrons. The van der Waals surface area contributed by atoms with Gasteiger partial charge in [0.05, 0.1) is 5.92 Å². The zero-order valence-corrected chi connectivity index (χ0v) is 20.5. The maximum atomic E-state index is 5.94. The number of unbranched alkanes of at least 4 members (excludes halogenated alkanes) is 5. The molecule has 5 nitrogen and oxygen atoms in total. The molecule has 0 N–H and O–H groups in total. The monoisotopic (exact) mass is 424 g/mol. The van der Waals surface area contributed by atoms with E-state index in [1.807, 2.05) is 13.8 Å². The van der Waals surface area contributed by atoms with Gasteiger partial charge < -0.3 is 23.7 Å². The van der Waals surface area contributed by atoms with E-state index in [1.165, 1.54) is 37.7 Å².